The van der Waals surface area contributed by atoms with Crippen LogP contribution >= 0.6 is 0 Å². The first kappa shape index (κ1) is 18.7. The molecule has 0 aromatic heterocycles. The number of ether oxygens (including phenoxy) is 1. The molecule has 1 saturated heterocycles. The SMILES string of the molecule is Cc1ccc(C)c(OCC(O)CN2CCC(CC(N)=O)CC2)c1C. The summed E-state index contributed by atoms with van der Waals surface area (Å²) in [6, 6.07) is 4.14. The molecule has 134 valence electrons. The number of carbonyl (C=O) groups is 1. The van der Waals surface area contributed by atoms with E-state index in [1.807, 2.05) is 19.9 Å². The fraction of sp³-hybridized carbons (Fsp3) is 0.632. The summed E-state index contributed by atoms with van der Waals surface area (Å²) in [6.45, 7) is 8.84. The van der Waals surface area contributed by atoms with Crippen molar-refractivity contribution in [1.82, 2.24) is 4.90 Å². The second-order valence-corrected chi connectivity index (χ2v) is 7.03. The van der Waals surface area contributed by atoms with Crippen molar-refractivity contribution in [1.29, 1.82) is 0 Å². The summed E-state index contributed by atoms with van der Waals surface area (Å²) in [5.41, 5.74) is 8.68. The first-order valence-electron chi connectivity index (χ1n) is 8.75. The molecule has 0 bridgehead atoms. The first-order chi connectivity index (χ1) is 11.4. The monoisotopic (exact) mass is 334 g/mol. The lowest BCUT2D eigenvalue weighted by atomic mass is 9.93. The minimum Gasteiger partial charge on any atom is -0.490 e. The van der Waals surface area contributed by atoms with Gasteiger partial charge in [-0.25, -0.2) is 0 Å². The van der Waals surface area contributed by atoms with Crippen LogP contribution < -0.4 is 10.5 Å². The minimum atomic E-state index is -0.517. The number of nitrogens with zero attached hydrogens (tertiary/aromatic N) is 1. The van der Waals surface area contributed by atoms with Crippen molar-refractivity contribution in [3.63, 3.8) is 0 Å². The Morgan fingerprint density at radius 2 is 1.92 bits per heavy atom. The lowest BCUT2D eigenvalue weighted by Gasteiger charge is -2.32. The number of primary amides is 1. The number of β-amino-alcohol motifs (C(OH)–C–C–N with tert-alkyl or cyclic N) is 1. The Bertz CT molecular complexity index is 566. The van der Waals surface area contributed by atoms with Gasteiger partial charge in [0.25, 0.3) is 0 Å². The molecule has 0 saturated carbocycles. The van der Waals surface area contributed by atoms with E-state index in [0.29, 0.717) is 25.5 Å². The van der Waals surface area contributed by atoms with Gasteiger partial charge in [-0.3, -0.25) is 4.79 Å². The van der Waals surface area contributed by atoms with Gasteiger partial charge in [-0.2, -0.15) is 0 Å². The van der Waals surface area contributed by atoms with Crippen LogP contribution in [0.3, 0.4) is 0 Å². The van der Waals surface area contributed by atoms with Gasteiger partial charge in [-0.05, 0) is 69.3 Å². The third-order valence-corrected chi connectivity index (χ3v) is 4.96. The highest BCUT2D eigenvalue weighted by molar-refractivity contribution is 5.73. The zero-order chi connectivity index (χ0) is 17.7. The molecule has 1 aromatic carbocycles. The van der Waals surface area contributed by atoms with Gasteiger partial charge in [0.2, 0.25) is 5.91 Å². The summed E-state index contributed by atoms with van der Waals surface area (Å²) < 4.78 is 5.89. The molecule has 1 heterocycles. The van der Waals surface area contributed by atoms with Crippen molar-refractivity contribution in [2.75, 3.05) is 26.2 Å². The van der Waals surface area contributed by atoms with Crippen molar-refractivity contribution in [3.8, 4) is 5.75 Å². The maximum Gasteiger partial charge on any atom is 0.217 e. The summed E-state index contributed by atoms with van der Waals surface area (Å²) >= 11 is 0. The Morgan fingerprint density at radius 3 is 2.54 bits per heavy atom. The maximum absolute atomic E-state index is 11.0. The Kier molecular flexibility index (Phi) is 6.63. The molecule has 0 aliphatic carbocycles. The van der Waals surface area contributed by atoms with E-state index in [2.05, 4.69) is 17.9 Å². The maximum atomic E-state index is 11.0. The second kappa shape index (κ2) is 8.49. The molecule has 1 aliphatic rings. The van der Waals surface area contributed by atoms with Crippen LogP contribution in [0.2, 0.25) is 0 Å². The number of carbonyl (C=O) groups excluding carboxylic acids is 1. The van der Waals surface area contributed by atoms with Gasteiger partial charge in [-0.15, -0.1) is 0 Å². The molecular weight excluding hydrogens is 304 g/mol. The lowest BCUT2D eigenvalue weighted by Crippen LogP contribution is -2.41. The smallest absolute Gasteiger partial charge is 0.217 e. The second-order valence-electron chi connectivity index (χ2n) is 7.03. The average Bonchev–Trinajstić information content (AvgIpc) is 2.52. The quantitative estimate of drug-likeness (QED) is 0.799. The van der Waals surface area contributed by atoms with Crippen LogP contribution in [0.15, 0.2) is 12.1 Å². The molecule has 0 spiro atoms. The highest BCUT2D eigenvalue weighted by Gasteiger charge is 2.22. The summed E-state index contributed by atoms with van der Waals surface area (Å²) in [7, 11) is 0. The molecule has 1 fully saturated rings. The fourth-order valence-corrected chi connectivity index (χ4v) is 3.34. The lowest BCUT2D eigenvalue weighted by molar-refractivity contribution is -0.119. The molecule has 1 aliphatic heterocycles. The Balaban J connectivity index is 1.78. The van der Waals surface area contributed by atoms with E-state index in [1.165, 1.54) is 5.56 Å². The van der Waals surface area contributed by atoms with E-state index in [0.717, 1.165) is 42.8 Å². The minimum absolute atomic E-state index is 0.217. The van der Waals surface area contributed by atoms with Crippen LogP contribution in [-0.2, 0) is 4.79 Å². The molecule has 0 radical (unpaired) electrons. The van der Waals surface area contributed by atoms with Crippen molar-refractivity contribution in [2.45, 2.75) is 46.1 Å². The topological polar surface area (TPSA) is 75.8 Å². The molecule has 5 nitrogen and oxygen atoms in total. The Morgan fingerprint density at radius 1 is 1.29 bits per heavy atom. The number of likely N-dealkylation sites (tertiary alicyclic amines) is 1. The number of amides is 1. The standard InChI is InChI=1S/C19H30N2O3/c1-13-4-5-14(2)19(15(13)3)24-12-17(22)11-21-8-6-16(7-9-21)10-18(20)23/h4-5,16-17,22H,6-12H2,1-3H3,(H2,20,23). The number of aliphatic hydroxyl groups excluding tert-OH is 1. The van der Waals surface area contributed by atoms with Crippen molar-refractivity contribution < 1.29 is 14.6 Å². The van der Waals surface area contributed by atoms with Crippen molar-refractivity contribution in [2.24, 2.45) is 11.7 Å². The summed E-state index contributed by atoms with van der Waals surface area (Å²) in [6.07, 6.45) is 1.89. The molecule has 24 heavy (non-hydrogen) atoms. The predicted molar refractivity (Wildman–Crippen MR) is 95.1 cm³/mol. The molecule has 1 unspecified atom stereocenters. The fourth-order valence-electron chi connectivity index (χ4n) is 3.34. The molecule has 1 atom stereocenters. The third kappa shape index (κ3) is 5.21. The largest absolute Gasteiger partial charge is 0.490 e. The number of benzene rings is 1. The van der Waals surface area contributed by atoms with Crippen LogP contribution in [0.1, 0.15) is 36.0 Å². The summed E-state index contributed by atoms with van der Waals surface area (Å²) in [4.78, 5) is 13.2. The van der Waals surface area contributed by atoms with E-state index >= 15 is 0 Å². The number of rotatable bonds is 7. The van der Waals surface area contributed by atoms with Crippen LogP contribution in [-0.4, -0.2) is 48.3 Å². The molecular formula is C19H30N2O3. The van der Waals surface area contributed by atoms with Gasteiger partial charge in [-0.1, -0.05) is 12.1 Å². The number of piperidine rings is 1. The van der Waals surface area contributed by atoms with Crippen molar-refractivity contribution in [3.05, 3.63) is 28.8 Å². The van der Waals surface area contributed by atoms with Gasteiger partial charge in [0, 0.05) is 13.0 Å². The Hall–Kier alpha value is -1.59. The molecule has 1 amide bonds. The van der Waals surface area contributed by atoms with Gasteiger partial charge in [0.05, 0.1) is 0 Å². The van der Waals surface area contributed by atoms with Crippen LogP contribution in [0, 0.1) is 26.7 Å². The average molecular weight is 334 g/mol. The van der Waals surface area contributed by atoms with Gasteiger partial charge in [0.15, 0.2) is 0 Å². The predicted octanol–water partition coefficient (Wildman–Crippen LogP) is 1.94. The summed E-state index contributed by atoms with van der Waals surface area (Å²) in [5, 5.41) is 10.3. The summed E-state index contributed by atoms with van der Waals surface area (Å²) in [5.74, 6) is 1.06. The number of nitrogens with two attached hydrogens (primary N) is 1. The molecule has 5 heteroatoms. The van der Waals surface area contributed by atoms with E-state index in [-0.39, 0.29) is 5.91 Å². The van der Waals surface area contributed by atoms with Gasteiger partial charge in [0.1, 0.15) is 18.5 Å². The first-order valence-corrected chi connectivity index (χ1v) is 8.75. The van der Waals surface area contributed by atoms with Crippen molar-refractivity contribution >= 4 is 5.91 Å². The molecule has 3 N–H and O–H groups in total. The third-order valence-electron chi connectivity index (χ3n) is 4.96. The normalized spacial score (nSPS) is 17.7. The van der Waals surface area contributed by atoms with Crippen LogP contribution in [0.4, 0.5) is 0 Å². The number of hydrogen-bond acceptors (Lipinski definition) is 4. The number of aliphatic hydroxyl groups is 1. The zero-order valence-electron chi connectivity index (χ0n) is 15.0. The molecule has 1 aromatic rings. The van der Waals surface area contributed by atoms with E-state index in [4.69, 9.17) is 10.5 Å². The van der Waals surface area contributed by atoms with Gasteiger partial charge < -0.3 is 20.5 Å². The Labute approximate surface area is 144 Å². The van der Waals surface area contributed by atoms with E-state index < -0.39 is 6.10 Å². The van der Waals surface area contributed by atoms with Crippen LogP contribution in [0.25, 0.3) is 0 Å². The number of aryl methyl sites for hydroxylation is 2. The van der Waals surface area contributed by atoms with E-state index in [1.54, 1.807) is 0 Å². The molecule has 2 rings (SSSR count). The van der Waals surface area contributed by atoms with Gasteiger partial charge >= 0.3 is 0 Å². The highest BCUT2D eigenvalue weighted by Crippen LogP contribution is 2.26. The van der Waals surface area contributed by atoms with Crippen LogP contribution in [0.5, 0.6) is 5.75 Å². The zero-order valence-corrected chi connectivity index (χ0v) is 15.0. The highest BCUT2D eigenvalue weighted by atomic mass is 16.5. The number of hydrogen-bond donors (Lipinski definition) is 2. The van der Waals surface area contributed by atoms with E-state index in [9.17, 15) is 9.90 Å².